The number of anilines is 2. The van der Waals surface area contributed by atoms with Gasteiger partial charge in [0.2, 0.25) is 0 Å². The molecule has 0 spiro atoms. The van der Waals surface area contributed by atoms with Crippen LogP contribution in [-0.4, -0.2) is 42.3 Å². The number of aromatic nitrogens is 2. The normalized spacial score (nSPS) is 19.9. The van der Waals surface area contributed by atoms with E-state index >= 15 is 0 Å². The summed E-state index contributed by atoms with van der Waals surface area (Å²) in [5.41, 5.74) is 8.00. The highest BCUT2D eigenvalue weighted by Crippen LogP contribution is 2.24. The van der Waals surface area contributed by atoms with E-state index in [9.17, 15) is 0 Å². The number of methoxy groups -OCH3 is 1. The quantitative estimate of drug-likeness (QED) is 0.545. The van der Waals surface area contributed by atoms with Gasteiger partial charge in [0, 0.05) is 38.0 Å². The number of nitrogens with zero attached hydrogens (tertiary/aromatic N) is 2. The van der Waals surface area contributed by atoms with Crippen LogP contribution in [0.5, 0.6) is 0 Å². The molecule has 0 saturated carbocycles. The number of ether oxygens (including phenoxy) is 1. The van der Waals surface area contributed by atoms with E-state index in [4.69, 9.17) is 20.4 Å². The second-order valence-electron chi connectivity index (χ2n) is 7.60. The van der Waals surface area contributed by atoms with Crippen LogP contribution in [-0.2, 0) is 11.3 Å². The highest BCUT2D eigenvalue weighted by molar-refractivity contribution is 5.64. The summed E-state index contributed by atoms with van der Waals surface area (Å²) in [5, 5.41) is 10.4. The van der Waals surface area contributed by atoms with Crippen molar-refractivity contribution in [3.8, 4) is 0 Å². The highest BCUT2D eigenvalue weighted by Gasteiger charge is 2.25. The van der Waals surface area contributed by atoms with E-state index in [-0.39, 0.29) is 18.1 Å². The van der Waals surface area contributed by atoms with Crippen molar-refractivity contribution in [2.75, 3.05) is 30.8 Å². The van der Waals surface area contributed by atoms with Crippen molar-refractivity contribution < 1.29 is 4.74 Å². The molecule has 0 radical (unpaired) electrons. The maximum absolute atomic E-state index is 5.89. The molecule has 1 saturated heterocycles. The number of hydrogen-bond acceptors (Lipinski definition) is 7. The summed E-state index contributed by atoms with van der Waals surface area (Å²) in [6.45, 7) is 6.65. The van der Waals surface area contributed by atoms with Crippen molar-refractivity contribution in [2.45, 2.75) is 39.0 Å². The molecule has 1 aromatic heterocycles. The molecule has 2 atom stereocenters. The van der Waals surface area contributed by atoms with Crippen LogP contribution >= 0.6 is 0 Å². The smallest absolute Gasteiger partial charge is 0.161 e. The lowest BCUT2D eigenvalue weighted by molar-refractivity contribution is 0.0664. The molecule has 0 bridgehead atoms. The van der Waals surface area contributed by atoms with E-state index in [2.05, 4.69) is 41.9 Å². The topological polar surface area (TPSA) is 97.1 Å². The molecule has 1 aliphatic rings. The molecule has 1 unspecified atom stereocenters. The Balaban J connectivity index is 1.85. The molecule has 3 rings (SSSR count). The monoisotopic (exact) mass is 396 g/mol. The van der Waals surface area contributed by atoms with Gasteiger partial charge in [-0.1, -0.05) is 44.2 Å². The Labute approximate surface area is 173 Å². The average Bonchev–Trinajstić information content (AvgIpc) is 2.73. The lowest BCUT2D eigenvalue weighted by atomic mass is 10.0. The maximum atomic E-state index is 5.89. The van der Waals surface area contributed by atoms with Crippen molar-refractivity contribution in [2.24, 2.45) is 11.7 Å². The summed E-state index contributed by atoms with van der Waals surface area (Å²) in [7, 11) is 1.76. The van der Waals surface area contributed by atoms with E-state index in [1.54, 1.807) is 13.3 Å². The van der Waals surface area contributed by atoms with Gasteiger partial charge in [-0.25, -0.2) is 9.97 Å². The van der Waals surface area contributed by atoms with Crippen LogP contribution in [0, 0.1) is 5.92 Å². The number of piperidine rings is 1. The Bertz CT molecular complexity index is 808. The van der Waals surface area contributed by atoms with E-state index < -0.39 is 0 Å². The average molecular weight is 397 g/mol. The Morgan fingerprint density at radius 3 is 2.72 bits per heavy atom. The summed E-state index contributed by atoms with van der Waals surface area (Å²) in [4.78, 5) is 9.47. The highest BCUT2D eigenvalue weighted by atomic mass is 16.5. The largest absolute Gasteiger partial charge is 0.404 e. The van der Waals surface area contributed by atoms with E-state index in [0.717, 1.165) is 36.7 Å². The van der Waals surface area contributed by atoms with Gasteiger partial charge in [-0.15, -0.1) is 0 Å². The van der Waals surface area contributed by atoms with Gasteiger partial charge < -0.3 is 26.4 Å². The molecule has 0 amide bonds. The predicted molar refractivity (Wildman–Crippen MR) is 118 cm³/mol. The first-order valence-corrected chi connectivity index (χ1v) is 10.2. The fourth-order valence-corrected chi connectivity index (χ4v) is 3.51. The summed E-state index contributed by atoms with van der Waals surface area (Å²) in [5.74, 6) is 2.39. The van der Waals surface area contributed by atoms with Gasteiger partial charge in [0.15, 0.2) is 5.82 Å². The third-order valence-electron chi connectivity index (χ3n) is 5.16. The van der Waals surface area contributed by atoms with Crippen LogP contribution in [0.4, 0.5) is 11.6 Å². The van der Waals surface area contributed by atoms with Gasteiger partial charge >= 0.3 is 0 Å². The Morgan fingerprint density at radius 2 is 2.03 bits per heavy atom. The number of benzene rings is 1. The summed E-state index contributed by atoms with van der Waals surface area (Å²) >= 11 is 0. The third-order valence-corrected chi connectivity index (χ3v) is 5.16. The van der Waals surface area contributed by atoms with Crippen LogP contribution in [0.3, 0.4) is 0 Å². The zero-order chi connectivity index (χ0) is 20.6. The standard InChI is InChI=1S/C22H32N6O/c1-15(2)17(12-23)22-27-20(25-13-16-7-5-4-6-8-16)11-21(28-22)26-18-14-24-10-9-19(18)29-3/h4-8,11-12,15,18-19,24H,9-10,13-14,23H2,1-3H3,(H2,25,26,27,28)/t18?,19-/m1/s1. The van der Waals surface area contributed by atoms with Gasteiger partial charge in [0.05, 0.1) is 12.1 Å². The lowest BCUT2D eigenvalue weighted by Crippen LogP contribution is -2.49. The van der Waals surface area contributed by atoms with Crippen LogP contribution in [0.2, 0.25) is 0 Å². The molecule has 156 valence electrons. The van der Waals surface area contributed by atoms with Gasteiger partial charge in [0.25, 0.3) is 0 Å². The summed E-state index contributed by atoms with van der Waals surface area (Å²) in [6, 6.07) is 12.3. The predicted octanol–water partition coefficient (Wildman–Crippen LogP) is 2.83. The zero-order valence-electron chi connectivity index (χ0n) is 17.5. The molecule has 7 nitrogen and oxygen atoms in total. The molecule has 5 N–H and O–H groups in total. The second-order valence-corrected chi connectivity index (χ2v) is 7.60. The number of nitrogens with two attached hydrogens (primary N) is 1. The van der Waals surface area contributed by atoms with Gasteiger partial charge in [-0.05, 0) is 24.4 Å². The van der Waals surface area contributed by atoms with Crippen LogP contribution in [0.1, 0.15) is 31.7 Å². The minimum Gasteiger partial charge on any atom is -0.404 e. The van der Waals surface area contributed by atoms with E-state index in [1.165, 1.54) is 5.56 Å². The molecule has 1 aliphatic heterocycles. The van der Waals surface area contributed by atoms with Crippen molar-refractivity contribution >= 4 is 17.2 Å². The minimum absolute atomic E-state index is 0.142. The van der Waals surface area contributed by atoms with Crippen molar-refractivity contribution in [1.82, 2.24) is 15.3 Å². The van der Waals surface area contributed by atoms with Crippen molar-refractivity contribution in [3.63, 3.8) is 0 Å². The Hall–Kier alpha value is -2.64. The fourth-order valence-electron chi connectivity index (χ4n) is 3.51. The van der Waals surface area contributed by atoms with E-state index in [1.807, 2.05) is 24.3 Å². The third kappa shape index (κ3) is 5.68. The molecular formula is C22H32N6O. The zero-order valence-corrected chi connectivity index (χ0v) is 17.5. The van der Waals surface area contributed by atoms with Crippen molar-refractivity contribution in [1.29, 1.82) is 0 Å². The lowest BCUT2D eigenvalue weighted by Gasteiger charge is -2.32. The van der Waals surface area contributed by atoms with Crippen LogP contribution in [0.15, 0.2) is 42.6 Å². The number of allylic oxidation sites excluding steroid dienone is 1. The first-order chi connectivity index (χ1) is 14.1. The number of rotatable bonds is 8. The second kappa shape index (κ2) is 10.2. The first kappa shape index (κ1) is 21.1. The molecule has 1 fully saturated rings. The summed E-state index contributed by atoms with van der Waals surface area (Å²) < 4.78 is 5.66. The molecule has 7 heteroatoms. The van der Waals surface area contributed by atoms with Gasteiger partial charge in [-0.3, -0.25) is 0 Å². The summed E-state index contributed by atoms with van der Waals surface area (Å²) in [6.07, 6.45) is 2.71. The van der Waals surface area contributed by atoms with Crippen LogP contribution < -0.4 is 21.7 Å². The Morgan fingerprint density at radius 1 is 1.28 bits per heavy atom. The number of nitrogens with one attached hydrogen (secondary N) is 3. The van der Waals surface area contributed by atoms with Crippen molar-refractivity contribution in [3.05, 3.63) is 54.0 Å². The maximum Gasteiger partial charge on any atom is 0.161 e. The Kier molecular flexibility index (Phi) is 7.43. The molecule has 1 aromatic carbocycles. The molecule has 0 aliphatic carbocycles. The van der Waals surface area contributed by atoms with Gasteiger partial charge in [0.1, 0.15) is 11.6 Å². The molecular weight excluding hydrogens is 364 g/mol. The molecule has 29 heavy (non-hydrogen) atoms. The molecule has 2 aromatic rings. The number of hydrogen-bond donors (Lipinski definition) is 4. The van der Waals surface area contributed by atoms with Gasteiger partial charge in [-0.2, -0.15) is 0 Å². The molecule has 2 heterocycles. The minimum atomic E-state index is 0.142. The van der Waals surface area contributed by atoms with Crippen LogP contribution in [0.25, 0.3) is 5.57 Å². The SMILES string of the molecule is CO[C@@H]1CCNCC1Nc1cc(NCc2ccccc2)nc(C(=CN)C(C)C)n1. The first-order valence-electron chi connectivity index (χ1n) is 10.2. The van der Waals surface area contributed by atoms with E-state index in [0.29, 0.717) is 12.4 Å². The fraction of sp³-hybridized carbons (Fsp3) is 0.455.